The minimum absolute atomic E-state index is 0.0804. The second-order valence-electron chi connectivity index (χ2n) is 7.91. The number of anilines is 1. The predicted octanol–water partition coefficient (Wildman–Crippen LogP) is 6.54. The highest BCUT2D eigenvalue weighted by Gasteiger charge is 2.24. The molecule has 0 atom stereocenters. The molecule has 0 spiro atoms. The van der Waals surface area contributed by atoms with Crippen LogP contribution in [-0.4, -0.2) is 25.1 Å². The number of carbonyl (C=O) groups excluding carboxylic acids is 2. The lowest BCUT2D eigenvalue weighted by Gasteiger charge is -2.10. The van der Waals surface area contributed by atoms with Crippen molar-refractivity contribution in [2.45, 2.75) is 34.1 Å². The zero-order chi connectivity index (χ0) is 25.4. The van der Waals surface area contributed by atoms with Crippen LogP contribution in [0.1, 0.15) is 47.3 Å². The first-order valence-electron chi connectivity index (χ1n) is 11.4. The molecule has 35 heavy (non-hydrogen) atoms. The third-order valence-electron chi connectivity index (χ3n) is 5.34. The van der Waals surface area contributed by atoms with E-state index in [9.17, 15) is 14.9 Å². The SMILES string of the molecule is CCCOc1ccc(/C=C(\C#N)C(=O)Nc2scc(-c3ccc(C)c(C)c3)c2C(=O)OCC)cc1. The first kappa shape index (κ1) is 25.7. The fraction of sp³-hybridized carbons (Fsp3) is 0.250. The summed E-state index contributed by atoms with van der Waals surface area (Å²) >= 11 is 1.22. The Balaban J connectivity index is 1.90. The maximum absolute atomic E-state index is 13.0. The average Bonchev–Trinajstić information content (AvgIpc) is 3.27. The van der Waals surface area contributed by atoms with E-state index in [2.05, 4.69) is 5.32 Å². The fourth-order valence-corrected chi connectivity index (χ4v) is 4.30. The quantitative estimate of drug-likeness (QED) is 0.210. The van der Waals surface area contributed by atoms with Gasteiger partial charge in [0.2, 0.25) is 0 Å². The molecule has 1 N–H and O–H groups in total. The van der Waals surface area contributed by atoms with Gasteiger partial charge in [-0.1, -0.05) is 37.3 Å². The van der Waals surface area contributed by atoms with Crippen LogP contribution in [0.4, 0.5) is 5.00 Å². The Morgan fingerprint density at radius 1 is 1.09 bits per heavy atom. The molecule has 3 rings (SSSR count). The van der Waals surface area contributed by atoms with Crippen molar-refractivity contribution in [2.75, 3.05) is 18.5 Å². The normalized spacial score (nSPS) is 11.0. The Morgan fingerprint density at radius 3 is 2.46 bits per heavy atom. The van der Waals surface area contributed by atoms with Crippen molar-refractivity contribution in [1.82, 2.24) is 0 Å². The molecule has 180 valence electrons. The first-order chi connectivity index (χ1) is 16.9. The average molecular weight is 489 g/mol. The van der Waals surface area contributed by atoms with Crippen LogP contribution in [0, 0.1) is 25.2 Å². The van der Waals surface area contributed by atoms with E-state index in [-0.39, 0.29) is 17.7 Å². The molecular formula is C28H28N2O4S. The smallest absolute Gasteiger partial charge is 0.341 e. The predicted molar refractivity (Wildman–Crippen MR) is 140 cm³/mol. The number of esters is 1. The van der Waals surface area contributed by atoms with Crippen LogP contribution < -0.4 is 10.1 Å². The summed E-state index contributed by atoms with van der Waals surface area (Å²) in [5.74, 6) is -0.399. The van der Waals surface area contributed by atoms with Crippen molar-refractivity contribution in [3.8, 4) is 22.9 Å². The van der Waals surface area contributed by atoms with E-state index in [1.165, 1.54) is 17.4 Å². The second-order valence-corrected chi connectivity index (χ2v) is 8.79. The molecule has 2 aromatic carbocycles. The van der Waals surface area contributed by atoms with Crippen molar-refractivity contribution in [3.05, 3.63) is 75.7 Å². The lowest BCUT2D eigenvalue weighted by Crippen LogP contribution is -2.16. The van der Waals surface area contributed by atoms with Crippen LogP contribution >= 0.6 is 11.3 Å². The zero-order valence-electron chi connectivity index (χ0n) is 20.3. The van der Waals surface area contributed by atoms with Gasteiger partial charge in [-0.2, -0.15) is 5.26 Å². The standard InChI is InChI=1S/C28H28N2O4S/c1-5-13-34-23-11-8-20(9-12-23)15-22(16-29)26(31)30-27-25(28(32)33-6-2)24(17-35-27)21-10-7-18(3)19(4)14-21/h7-12,14-15,17H,5-6,13H2,1-4H3,(H,30,31)/b22-15+. The highest BCUT2D eigenvalue weighted by atomic mass is 32.1. The number of nitrogens with one attached hydrogen (secondary N) is 1. The molecule has 3 aromatic rings. The van der Waals surface area contributed by atoms with E-state index in [0.717, 1.165) is 28.9 Å². The summed E-state index contributed by atoms with van der Waals surface area (Å²) in [4.78, 5) is 25.8. The molecule has 1 amide bonds. The fourth-order valence-electron chi connectivity index (χ4n) is 3.34. The molecule has 0 aliphatic heterocycles. The molecular weight excluding hydrogens is 460 g/mol. The summed E-state index contributed by atoms with van der Waals surface area (Å²) in [6, 6.07) is 15.0. The molecule has 0 unspecified atom stereocenters. The number of hydrogen-bond acceptors (Lipinski definition) is 6. The molecule has 0 bridgehead atoms. The van der Waals surface area contributed by atoms with E-state index in [1.807, 2.05) is 50.4 Å². The first-order valence-corrected chi connectivity index (χ1v) is 12.3. The molecule has 0 saturated heterocycles. The topological polar surface area (TPSA) is 88.4 Å². The molecule has 0 saturated carbocycles. The van der Waals surface area contributed by atoms with Crippen molar-refractivity contribution >= 4 is 34.3 Å². The third kappa shape index (κ3) is 6.37. The minimum atomic E-state index is -0.599. The van der Waals surface area contributed by atoms with Crippen LogP contribution in [0.15, 0.2) is 53.4 Å². The van der Waals surface area contributed by atoms with Gasteiger partial charge >= 0.3 is 5.97 Å². The van der Waals surface area contributed by atoms with Crippen molar-refractivity contribution < 1.29 is 19.1 Å². The molecule has 0 aliphatic carbocycles. The van der Waals surface area contributed by atoms with Gasteiger partial charge in [0.1, 0.15) is 28.0 Å². The number of amides is 1. The van der Waals surface area contributed by atoms with Gasteiger partial charge in [-0.05, 0) is 67.7 Å². The number of ether oxygens (including phenoxy) is 2. The molecule has 1 aromatic heterocycles. The van der Waals surface area contributed by atoms with Crippen LogP contribution in [0.5, 0.6) is 5.75 Å². The Hall–Kier alpha value is -3.89. The van der Waals surface area contributed by atoms with Crippen LogP contribution in [-0.2, 0) is 9.53 Å². The molecule has 0 radical (unpaired) electrons. The summed E-state index contributed by atoms with van der Waals surface area (Å²) in [7, 11) is 0. The lowest BCUT2D eigenvalue weighted by molar-refractivity contribution is -0.112. The molecule has 0 aliphatic rings. The Labute approximate surface area is 209 Å². The molecule has 6 nitrogen and oxygen atoms in total. The number of rotatable bonds is 9. The largest absolute Gasteiger partial charge is 0.494 e. The van der Waals surface area contributed by atoms with Gasteiger partial charge in [0.25, 0.3) is 5.91 Å². The third-order valence-corrected chi connectivity index (χ3v) is 6.24. The number of aryl methyl sites for hydroxylation is 2. The zero-order valence-corrected chi connectivity index (χ0v) is 21.1. The minimum Gasteiger partial charge on any atom is -0.494 e. The van der Waals surface area contributed by atoms with E-state index in [1.54, 1.807) is 31.2 Å². The number of carbonyl (C=O) groups is 2. The lowest BCUT2D eigenvalue weighted by atomic mass is 9.99. The van der Waals surface area contributed by atoms with E-state index < -0.39 is 11.9 Å². The molecule has 7 heteroatoms. The monoisotopic (exact) mass is 488 g/mol. The van der Waals surface area contributed by atoms with Gasteiger partial charge in [-0.15, -0.1) is 11.3 Å². The highest BCUT2D eigenvalue weighted by molar-refractivity contribution is 7.15. The van der Waals surface area contributed by atoms with Crippen molar-refractivity contribution in [1.29, 1.82) is 5.26 Å². The van der Waals surface area contributed by atoms with Gasteiger partial charge in [0.05, 0.1) is 13.2 Å². The highest BCUT2D eigenvalue weighted by Crippen LogP contribution is 2.37. The summed E-state index contributed by atoms with van der Waals surface area (Å²) in [6.07, 6.45) is 2.41. The molecule has 0 fully saturated rings. The Kier molecular flexibility index (Phi) is 8.82. The number of hydrogen-bond donors (Lipinski definition) is 1. The molecule has 1 heterocycles. The maximum Gasteiger partial charge on any atom is 0.341 e. The Morgan fingerprint density at radius 2 is 1.83 bits per heavy atom. The summed E-state index contributed by atoms with van der Waals surface area (Å²) in [6.45, 7) is 8.61. The van der Waals surface area contributed by atoms with Gasteiger partial charge in [0, 0.05) is 10.9 Å². The maximum atomic E-state index is 13.0. The van der Waals surface area contributed by atoms with Gasteiger partial charge < -0.3 is 14.8 Å². The summed E-state index contributed by atoms with van der Waals surface area (Å²) < 4.78 is 10.8. The number of nitrogens with zero attached hydrogens (tertiary/aromatic N) is 1. The van der Waals surface area contributed by atoms with E-state index >= 15 is 0 Å². The van der Waals surface area contributed by atoms with Crippen molar-refractivity contribution in [3.63, 3.8) is 0 Å². The van der Waals surface area contributed by atoms with Crippen LogP contribution in [0.3, 0.4) is 0 Å². The summed E-state index contributed by atoms with van der Waals surface area (Å²) in [5.41, 5.74) is 4.66. The van der Waals surface area contributed by atoms with Crippen LogP contribution in [0.2, 0.25) is 0 Å². The van der Waals surface area contributed by atoms with Gasteiger partial charge in [0.15, 0.2) is 0 Å². The second kappa shape index (κ2) is 12.0. The number of nitriles is 1. The number of benzene rings is 2. The number of thiophene rings is 1. The van der Waals surface area contributed by atoms with Crippen LogP contribution in [0.25, 0.3) is 17.2 Å². The van der Waals surface area contributed by atoms with E-state index in [4.69, 9.17) is 9.47 Å². The van der Waals surface area contributed by atoms with Gasteiger partial charge in [-0.3, -0.25) is 4.79 Å². The Bertz CT molecular complexity index is 1280. The van der Waals surface area contributed by atoms with Crippen molar-refractivity contribution in [2.24, 2.45) is 0 Å². The van der Waals surface area contributed by atoms with Gasteiger partial charge in [-0.25, -0.2) is 4.79 Å². The van der Waals surface area contributed by atoms with E-state index in [0.29, 0.717) is 22.7 Å². The summed E-state index contributed by atoms with van der Waals surface area (Å²) in [5, 5.41) is 14.5.